The van der Waals surface area contributed by atoms with Gasteiger partial charge < -0.3 is 5.11 Å². The number of nitriles is 1. The molecule has 0 spiro atoms. The lowest BCUT2D eigenvalue weighted by Gasteiger charge is -2.22. The second kappa shape index (κ2) is 3.96. The summed E-state index contributed by atoms with van der Waals surface area (Å²) in [5.41, 5.74) is -0.759. The van der Waals surface area contributed by atoms with Crippen molar-refractivity contribution in [3.8, 4) is 6.07 Å². The van der Waals surface area contributed by atoms with E-state index in [1.807, 2.05) is 6.07 Å². The van der Waals surface area contributed by atoms with Crippen LogP contribution in [-0.2, 0) is 14.8 Å². The number of carboxylic acids is 1. The van der Waals surface area contributed by atoms with E-state index in [1.54, 1.807) is 0 Å². The monoisotopic (exact) mass is 258 g/mol. The van der Waals surface area contributed by atoms with E-state index in [0.717, 1.165) is 4.31 Å². The Hall–Kier alpha value is -1.13. The molecule has 0 aromatic heterocycles. The van der Waals surface area contributed by atoms with Crippen molar-refractivity contribution >= 4 is 16.0 Å². The van der Waals surface area contributed by atoms with E-state index >= 15 is 0 Å². The van der Waals surface area contributed by atoms with Crippen LogP contribution in [-0.4, -0.2) is 42.1 Å². The summed E-state index contributed by atoms with van der Waals surface area (Å²) in [4.78, 5) is 10.9. The fourth-order valence-electron chi connectivity index (χ4n) is 2.19. The maximum Gasteiger partial charge on any atom is 0.322 e. The van der Waals surface area contributed by atoms with Gasteiger partial charge in [-0.1, -0.05) is 0 Å². The molecule has 1 saturated heterocycles. The third kappa shape index (κ3) is 2.28. The Balaban J connectivity index is 2.16. The van der Waals surface area contributed by atoms with Crippen LogP contribution in [0.3, 0.4) is 0 Å². The van der Waals surface area contributed by atoms with Gasteiger partial charge in [0, 0.05) is 6.54 Å². The van der Waals surface area contributed by atoms with Crippen molar-refractivity contribution in [2.24, 2.45) is 5.41 Å². The predicted molar refractivity (Wildman–Crippen MR) is 58.4 cm³/mol. The highest BCUT2D eigenvalue weighted by molar-refractivity contribution is 7.89. The molecule has 1 aliphatic carbocycles. The highest BCUT2D eigenvalue weighted by Gasteiger charge is 2.50. The zero-order chi connectivity index (χ0) is 12.7. The molecular formula is C10H14N2O4S. The Bertz CT molecular complexity index is 475. The molecule has 1 N–H and O–H groups in total. The predicted octanol–water partition coefficient (Wildman–Crippen LogP) is 0.169. The van der Waals surface area contributed by atoms with E-state index in [9.17, 15) is 13.2 Å². The van der Waals surface area contributed by atoms with Crippen LogP contribution in [0.15, 0.2) is 0 Å². The molecule has 17 heavy (non-hydrogen) atoms. The molecule has 0 unspecified atom stereocenters. The van der Waals surface area contributed by atoms with Crippen LogP contribution in [0.1, 0.15) is 25.7 Å². The minimum absolute atomic E-state index is 0.236. The van der Waals surface area contributed by atoms with Crippen LogP contribution in [0.25, 0.3) is 0 Å². The van der Waals surface area contributed by atoms with Crippen LogP contribution in [0, 0.1) is 16.7 Å². The summed E-state index contributed by atoms with van der Waals surface area (Å²) in [6.07, 6.45) is 2.10. The normalized spacial score (nSPS) is 27.6. The highest BCUT2D eigenvalue weighted by atomic mass is 32.2. The van der Waals surface area contributed by atoms with Crippen molar-refractivity contribution in [3.63, 3.8) is 0 Å². The standard InChI is InChI=1S/C10H14N2O4S/c11-6-10(3-4-10)7-17(15,16)12-5-1-2-8(12)9(13)14/h8H,1-5,7H2,(H,13,14)/t8-/m0/s1. The summed E-state index contributed by atoms with van der Waals surface area (Å²) >= 11 is 0. The minimum atomic E-state index is -3.63. The number of rotatable bonds is 4. The van der Waals surface area contributed by atoms with Gasteiger partial charge in [0.1, 0.15) is 6.04 Å². The molecule has 0 aromatic carbocycles. The first-order chi connectivity index (χ1) is 7.90. The van der Waals surface area contributed by atoms with Gasteiger partial charge >= 0.3 is 5.97 Å². The molecule has 7 heteroatoms. The Labute approximate surface area is 99.9 Å². The van der Waals surface area contributed by atoms with Gasteiger partial charge in [-0.05, 0) is 25.7 Å². The third-order valence-corrected chi connectivity index (χ3v) is 5.46. The van der Waals surface area contributed by atoms with Gasteiger partial charge in [-0.25, -0.2) is 8.42 Å². The van der Waals surface area contributed by atoms with Crippen LogP contribution in [0.5, 0.6) is 0 Å². The highest BCUT2D eigenvalue weighted by Crippen LogP contribution is 2.46. The molecule has 2 aliphatic rings. The van der Waals surface area contributed by atoms with Gasteiger partial charge in [0.25, 0.3) is 0 Å². The van der Waals surface area contributed by atoms with Crippen LogP contribution >= 0.6 is 0 Å². The quantitative estimate of drug-likeness (QED) is 0.775. The Kier molecular flexibility index (Phi) is 2.87. The first kappa shape index (κ1) is 12.3. The van der Waals surface area contributed by atoms with Gasteiger partial charge in [0.05, 0.1) is 17.2 Å². The first-order valence-corrected chi connectivity index (χ1v) is 7.15. The maximum atomic E-state index is 12.1. The largest absolute Gasteiger partial charge is 0.480 e. The molecule has 94 valence electrons. The van der Waals surface area contributed by atoms with Gasteiger partial charge in [-0.15, -0.1) is 0 Å². The summed E-state index contributed by atoms with van der Waals surface area (Å²) < 4.78 is 25.2. The molecule has 1 heterocycles. The summed E-state index contributed by atoms with van der Waals surface area (Å²) in [5.74, 6) is -1.34. The third-order valence-electron chi connectivity index (χ3n) is 3.40. The van der Waals surface area contributed by atoms with E-state index in [2.05, 4.69) is 0 Å². The number of hydrogen-bond acceptors (Lipinski definition) is 4. The summed E-state index contributed by atoms with van der Waals surface area (Å²) in [5, 5.41) is 17.8. The lowest BCUT2D eigenvalue weighted by Crippen LogP contribution is -2.42. The lowest BCUT2D eigenvalue weighted by atomic mass is 10.2. The van der Waals surface area contributed by atoms with E-state index in [1.165, 1.54) is 0 Å². The zero-order valence-corrected chi connectivity index (χ0v) is 10.1. The molecule has 0 aromatic rings. The molecule has 6 nitrogen and oxygen atoms in total. The molecular weight excluding hydrogens is 244 g/mol. The first-order valence-electron chi connectivity index (χ1n) is 5.54. The summed E-state index contributed by atoms with van der Waals surface area (Å²) in [7, 11) is -3.63. The van der Waals surface area contributed by atoms with Gasteiger partial charge in [0.2, 0.25) is 10.0 Å². The van der Waals surface area contributed by atoms with E-state index in [4.69, 9.17) is 10.4 Å². The molecule has 1 atom stereocenters. The topological polar surface area (TPSA) is 98.5 Å². The van der Waals surface area contributed by atoms with Gasteiger partial charge in [-0.3, -0.25) is 4.79 Å². The van der Waals surface area contributed by atoms with Crippen molar-refractivity contribution in [2.75, 3.05) is 12.3 Å². The zero-order valence-electron chi connectivity index (χ0n) is 9.29. The summed E-state index contributed by atoms with van der Waals surface area (Å²) in [6.45, 7) is 0.251. The molecule has 1 saturated carbocycles. The van der Waals surface area contributed by atoms with Crippen LogP contribution in [0.2, 0.25) is 0 Å². The number of carbonyl (C=O) groups is 1. The van der Waals surface area contributed by atoms with Crippen molar-refractivity contribution in [3.05, 3.63) is 0 Å². The van der Waals surface area contributed by atoms with E-state index in [-0.39, 0.29) is 12.3 Å². The lowest BCUT2D eigenvalue weighted by molar-refractivity contribution is -0.140. The second-order valence-electron chi connectivity index (χ2n) is 4.76. The second-order valence-corrected chi connectivity index (χ2v) is 6.68. The fraction of sp³-hybridized carbons (Fsp3) is 0.800. The molecule has 0 bridgehead atoms. The number of sulfonamides is 1. The van der Waals surface area contributed by atoms with Crippen LogP contribution in [0.4, 0.5) is 0 Å². The SMILES string of the molecule is N#CC1(CS(=O)(=O)N2CCC[C@H]2C(=O)O)CC1. The van der Waals surface area contributed by atoms with Crippen molar-refractivity contribution in [2.45, 2.75) is 31.7 Å². The van der Waals surface area contributed by atoms with E-state index in [0.29, 0.717) is 25.7 Å². The number of nitrogens with zero attached hydrogens (tertiary/aromatic N) is 2. The van der Waals surface area contributed by atoms with Crippen LogP contribution < -0.4 is 0 Å². The number of carboxylic acid groups (broad SMARTS) is 1. The molecule has 2 fully saturated rings. The molecule has 2 rings (SSSR count). The van der Waals surface area contributed by atoms with Gasteiger partial charge in [-0.2, -0.15) is 9.57 Å². The molecule has 0 amide bonds. The Morgan fingerprint density at radius 2 is 2.18 bits per heavy atom. The maximum absolute atomic E-state index is 12.1. The molecule has 1 aliphatic heterocycles. The average molecular weight is 258 g/mol. The number of aliphatic carboxylic acids is 1. The van der Waals surface area contributed by atoms with Gasteiger partial charge in [0.15, 0.2) is 0 Å². The van der Waals surface area contributed by atoms with Crippen molar-refractivity contribution in [1.82, 2.24) is 4.31 Å². The average Bonchev–Trinajstić information content (AvgIpc) is 2.82. The Morgan fingerprint density at radius 3 is 2.65 bits per heavy atom. The minimum Gasteiger partial charge on any atom is -0.480 e. The van der Waals surface area contributed by atoms with Crippen molar-refractivity contribution in [1.29, 1.82) is 5.26 Å². The summed E-state index contributed by atoms with van der Waals surface area (Å²) in [6, 6.07) is 1.07. The number of hydrogen-bond donors (Lipinski definition) is 1. The molecule has 0 radical (unpaired) electrons. The smallest absolute Gasteiger partial charge is 0.322 e. The van der Waals surface area contributed by atoms with Crippen molar-refractivity contribution < 1.29 is 18.3 Å². The fourth-order valence-corrected chi connectivity index (χ4v) is 4.40. The van der Waals surface area contributed by atoms with E-state index < -0.39 is 27.4 Å². The Morgan fingerprint density at radius 1 is 1.53 bits per heavy atom.